The molecular weight excluding hydrogens is 460 g/mol. The summed E-state index contributed by atoms with van der Waals surface area (Å²) in [7, 11) is 0. The van der Waals surface area contributed by atoms with Gasteiger partial charge in [-0.3, -0.25) is 15.0 Å². The van der Waals surface area contributed by atoms with Crippen LogP contribution in [0, 0.1) is 36.8 Å². The highest BCUT2D eigenvalue weighted by Gasteiger charge is 2.25. The maximum atomic E-state index is 14.0. The monoisotopic (exact) mass is 487 g/mol. The number of aryl methyl sites for hydroxylation is 2. The van der Waals surface area contributed by atoms with Crippen LogP contribution in [-0.4, -0.2) is 45.4 Å². The van der Waals surface area contributed by atoms with Crippen molar-refractivity contribution in [3.63, 3.8) is 0 Å². The number of halogens is 2. The highest BCUT2D eigenvalue weighted by atomic mass is 32.1. The van der Waals surface area contributed by atoms with Gasteiger partial charge in [-0.15, -0.1) is 0 Å². The van der Waals surface area contributed by atoms with Crippen molar-refractivity contribution in [3.05, 3.63) is 64.8 Å². The highest BCUT2D eigenvalue weighted by molar-refractivity contribution is 7.59. The second-order valence-electron chi connectivity index (χ2n) is 8.00. The van der Waals surface area contributed by atoms with Crippen molar-refractivity contribution in [1.82, 2.24) is 25.7 Å². The highest BCUT2D eigenvalue weighted by Crippen LogP contribution is 2.29. The summed E-state index contributed by atoms with van der Waals surface area (Å²) in [6.07, 6.45) is 5.06. The van der Waals surface area contributed by atoms with Crippen LogP contribution in [-0.2, 0) is 0 Å². The van der Waals surface area contributed by atoms with Gasteiger partial charge in [0.25, 0.3) is 5.91 Å². The molecule has 3 N–H and O–H groups in total. The minimum absolute atomic E-state index is 0. The van der Waals surface area contributed by atoms with E-state index in [4.69, 9.17) is 5.26 Å². The lowest BCUT2D eigenvalue weighted by molar-refractivity contribution is 0.0938. The Hall–Kier alpha value is -3.65. The molecule has 0 saturated carbocycles. The summed E-state index contributed by atoms with van der Waals surface area (Å²) in [6.45, 7) is 8.24. The topological polar surface area (TPSA) is 113 Å². The van der Waals surface area contributed by atoms with Gasteiger partial charge in [0.05, 0.1) is 29.2 Å². The number of hydrogen-bond donors (Lipinski definition) is 3. The zero-order chi connectivity index (χ0) is 24.1. The molecule has 0 unspecified atom stereocenters. The largest absolute Gasteiger partial charge is 0.361 e. The lowest BCUT2D eigenvalue weighted by Gasteiger charge is -2.35. The number of carbonyl (C=O) groups is 1. The molecule has 1 aliphatic rings. The Bertz CT molecular complexity index is 1190. The van der Waals surface area contributed by atoms with Crippen LogP contribution in [0.15, 0.2) is 36.2 Å². The number of H-pyrrole nitrogens is 2. The first-order valence-corrected chi connectivity index (χ1v) is 10.3. The van der Waals surface area contributed by atoms with Crippen LogP contribution in [0.3, 0.4) is 0 Å². The number of nitrogens with one attached hydrogen (secondary N) is 3. The Morgan fingerprint density at radius 1 is 1.26 bits per heavy atom. The number of allylic oxidation sites excluding steroid dienone is 1. The number of anilines is 1. The fraction of sp³-hybridized carbons (Fsp3) is 0.304. The maximum absolute atomic E-state index is 14.0. The van der Waals surface area contributed by atoms with Gasteiger partial charge in [0.2, 0.25) is 0 Å². The number of amides is 1. The predicted molar refractivity (Wildman–Crippen MR) is 131 cm³/mol. The van der Waals surface area contributed by atoms with Crippen LogP contribution in [0.4, 0.5) is 14.5 Å². The van der Waals surface area contributed by atoms with Crippen LogP contribution in [0.5, 0.6) is 0 Å². The van der Waals surface area contributed by atoms with Crippen LogP contribution >= 0.6 is 13.5 Å². The third kappa shape index (κ3) is 6.02. The van der Waals surface area contributed by atoms with Crippen LogP contribution in [0.2, 0.25) is 0 Å². The molecule has 0 radical (unpaired) electrons. The van der Waals surface area contributed by atoms with Gasteiger partial charge in [0.1, 0.15) is 11.6 Å². The summed E-state index contributed by atoms with van der Waals surface area (Å²) < 4.78 is 28.0. The van der Waals surface area contributed by atoms with Gasteiger partial charge in [-0.05, 0) is 39.3 Å². The van der Waals surface area contributed by atoms with Crippen LogP contribution < -0.4 is 10.2 Å². The zero-order valence-electron chi connectivity index (χ0n) is 19.3. The summed E-state index contributed by atoms with van der Waals surface area (Å²) in [4.78, 5) is 13.4. The van der Waals surface area contributed by atoms with Crippen molar-refractivity contribution in [2.24, 2.45) is 0 Å². The summed E-state index contributed by atoms with van der Waals surface area (Å²) in [5, 5.41) is 24.7. The van der Waals surface area contributed by atoms with Crippen LogP contribution in [0.1, 0.15) is 35.6 Å². The van der Waals surface area contributed by atoms with Gasteiger partial charge in [-0.1, -0.05) is 0 Å². The van der Waals surface area contributed by atoms with E-state index >= 15 is 0 Å². The Morgan fingerprint density at radius 3 is 2.50 bits per heavy atom. The van der Waals surface area contributed by atoms with E-state index in [1.54, 1.807) is 24.9 Å². The number of benzene rings is 1. The molecular formula is C23H27F2N7OS. The normalized spacial score (nSPS) is 12.2. The van der Waals surface area contributed by atoms with E-state index in [1.165, 1.54) is 6.08 Å². The summed E-state index contributed by atoms with van der Waals surface area (Å²) in [5.74, 6) is -2.05. The average Bonchev–Trinajstić information content (AvgIpc) is 3.35. The van der Waals surface area contributed by atoms with E-state index in [0.717, 1.165) is 40.2 Å². The molecule has 0 spiro atoms. The van der Waals surface area contributed by atoms with Gasteiger partial charge in [0, 0.05) is 54.3 Å². The molecule has 3 aromatic rings. The molecule has 180 valence electrons. The maximum Gasteiger partial charge on any atom is 0.254 e. The van der Waals surface area contributed by atoms with Crippen molar-refractivity contribution >= 4 is 25.1 Å². The van der Waals surface area contributed by atoms with Crippen molar-refractivity contribution in [3.8, 4) is 17.2 Å². The molecule has 2 aromatic heterocycles. The van der Waals surface area contributed by atoms with Crippen molar-refractivity contribution in [2.75, 3.05) is 18.0 Å². The molecule has 1 fully saturated rings. The van der Waals surface area contributed by atoms with Gasteiger partial charge >= 0.3 is 0 Å². The van der Waals surface area contributed by atoms with Crippen molar-refractivity contribution in [1.29, 1.82) is 5.26 Å². The van der Waals surface area contributed by atoms with E-state index < -0.39 is 17.5 Å². The summed E-state index contributed by atoms with van der Waals surface area (Å²) >= 11 is 0. The molecule has 0 aliphatic carbocycles. The minimum atomic E-state index is -0.762. The molecule has 34 heavy (non-hydrogen) atoms. The summed E-state index contributed by atoms with van der Waals surface area (Å²) in [6, 6.07) is 3.67. The van der Waals surface area contributed by atoms with Crippen molar-refractivity contribution in [2.45, 2.75) is 33.7 Å². The molecule has 8 nitrogen and oxygen atoms in total. The molecule has 1 saturated heterocycles. The fourth-order valence-corrected chi connectivity index (χ4v) is 3.45. The number of hydrogen-bond acceptors (Lipinski definition) is 5. The first-order chi connectivity index (χ1) is 15.7. The number of nitrogens with zero attached hydrogens (tertiary/aromatic N) is 4. The molecule has 0 atom stereocenters. The average molecular weight is 488 g/mol. The first kappa shape index (κ1) is 26.6. The Morgan fingerprint density at radius 2 is 1.97 bits per heavy atom. The Kier molecular flexibility index (Phi) is 8.97. The van der Waals surface area contributed by atoms with Crippen molar-refractivity contribution < 1.29 is 13.6 Å². The number of aromatic nitrogens is 4. The van der Waals surface area contributed by atoms with E-state index in [9.17, 15) is 13.6 Å². The van der Waals surface area contributed by atoms with E-state index in [2.05, 4.69) is 25.7 Å². The molecule has 3 heterocycles. The Balaban J connectivity index is 0.000000266. The predicted octanol–water partition coefficient (Wildman–Crippen LogP) is 3.90. The lowest BCUT2D eigenvalue weighted by Crippen LogP contribution is -2.40. The van der Waals surface area contributed by atoms with Gasteiger partial charge in [0.15, 0.2) is 0 Å². The molecule has 0 bridgehead atoms. The second-order valence-corrected chi connectivity index (χ2v) is 8.00. The second kappa shape index (κ2) is 11.5. The van der Waals surface area contributed by atoms with Gasteiger partial charge in [-0.25, -0.2) is 8.78 Å². The lowest BCUT2D eigenvalue weighted by atomic mass is 10.0. The van der Waals surface area contributed by atoms with Gasteiger partial charge < -0.3 is 10.2 Å². The third-order valence-corrected chi connectivity index (χ3v) is 5.01. The van der Waals surface area contributed by atoms with E-state index in [1.807, 2.05) is 26.1 Å². The SMILES string of the molecule is CC(C)NC(=O)c1cc(F)c(N2CC(=CC#N)C2)cc1F.Cc1n[nH]c(C)c1-c1cn[nH]c1.S. The number of carbonyl (C=O) groups excluding carboxylic acids is 1. The fourth-order valence-electron chi connectivity index (χ4n) is 3.45. The molecule has 1 aliphatic heterocycles. The first-order valence-electron chi connectivity index (χ1n) is 10.3. The Labute approximate surface area is 203 Å². The standard InChI is InChI=1S/C15H15F2N3O.C8H10N4.H2S/c1-9(2)19-15(21)11-5-13(17)14(6-12(11)16)20-7-10(8-20)3-4-18;1-5-8(6(2)12-11-5)7-3-9-10-4-7;/h3,5-6,9H,7-8H2,1-2H3,(H,19,21);3-4H,1-2H3,(H,9,10)(H,11,12);1H2. The molecule has 1 aromatic carbocycles. The van der Waals surface area contributed by atoms with E-state index in [-0.39, 0.29) is 30.8 Å². The molecule has 11 heteroatoms. The van der Waals surface area contributed by atoms with Crippen LogP contribution in [0.25, 0.3) is 11.1 Å². The number of rotatable bonds is 4. The molecule has 4 rings (SSSR count). The van der Waals surface area contributed by atoms with E-state index in [0.29, 0.717) is 13.1 Å². The number of aromatic amines is 2. The zero-order valence-corrected chi connectivity index (χ0v) is 20.3. The number of nitriles is 1. The molecule has 1 amide bonds. The smallest absolute Gasteiger partial charge is 0.254 e. The quantitative estimate of drug-likeness (QED) is 0.483. The summed E-state index contributed by atoms with van der Waals surface area (Å²) in [5.41, 5.74) is 4.96. The van der Waals surface area contributed by atoms with Gasteiger partial charge in [-0.2, -0.15) is 29.0 Å². The minimum Gasteiger partial charge on any atom is -0.361 e. The third-order valence-electron chi connectivity index (χ3n) is 5.01.